The zero-order valence-electron chi connectivity index (χ0n) is 16.2. The van der Waals surface area contributed by atoms with Crippen molar-refractivity contribution in [2.75, 3.05) is 0 Å². The molecule has 0 saturated carbocycles. The molecule has 0 fully saturated rings. The van der Waals surface area contributed by atoms with Crippen LogP contribution in [-0.4, -0.2) is 33.8 Å². The number of benzene rings is 1. The number of hydrogen-bond donors (Lipinski definition) is 1. The third-order valence-electron chi connectivity index (χ3n) is 4.55. The first-order chi connectivity index (χ1) is 12.8. The van der Waals surface area contributed by atoms with Crippen LogP contribution in [0, 0.1) is 0 Å². The molecule has 2 rings (SSSR count). The van der Waals surface area contributed by atoms with Gasteiger partial charge in [-0.15, -0.1) is 0 Å². The van der Waals surface area contributed by atoms with Crippen LogP contribution in [0.2, 0.25) is 5.02 Å². The van der Waals surface area contributed by atoms with E-state index in [0.717, 1.165) is 12.8 Å². The van der Waals surface area contributed by atoms with Gasteiger partial charge in [-0.1, -0.05) is 25.4 Å². The lowest BCUT2D eigenvalue weighted by molar-refractivity contribution is 0.0652. The summed E-state index contributed by atoms with van der Waals surface area (Å²) < 4.78 is 5.44. The number of amides is 2. The lowest BCUT2D eigenvalue weighted by Crippen LogP contribution is -2.38. The second-order valence-electron chi connectivity index (χ2n) is 6.61. The fourth-order valence-corrected chi connectivity index (χ4v) is 2.57. The van der Waals surface area contributed by atoms with E-state index in [1.807, 2.05) is 27.7 Å². The number of carbonyl (C=O) groups is 2. The van der Waals surface area contributed by atoms with Crippen LogP contribution < -0.4 is 5.32 Å². The van der Waals surface area contributed by atoms with Crippen LogP contribution in [0.1, 0.15) is 67.3 Å². The van der Waals surface area contributed by atoms with Crippen LogP contribution in [0.25, 0.3) is 0 Å². The normalized spacial score (nSPS) is 13.1. The molecule has 0 bridgehead atoms. The number of nitrogens with one attached hydrogen (secondary N) is 1. The highest BCUT2D eigenvalue weighted by Gasteiger charge is 2.23. The van der Waals surface area contributed by atoms with Crippen molar-refractivity contribution in [3.8, 4) is 0 Å². The molecule has 0 saturated heterocycles. The largest absolute Gasteiger partial charge is 0.446 e. The van der Waals surface area contributed by atoms with Crippen molar-refractivity contribution in [1.29, 1.82) is 0 Å². The minimum Gasteiger partial charge on any atom is -0.446 e. The molecule has 0 radical (unpaired) electrons. The first kappa shape index (κ1) is 21.0. The van der Waals surface area contributed by atoms with E-state index in [1.165, 1.54) is 6.26 Å². The van der Waals surface area contributed by atoms with E-state index in [-0.39, 0.29) is 36.1 Å². The molecule has 1 N–H and O–H groups in total. The number of aromatic nitrogens is 1. The Balaban J connectivity index is 2.16. The van der Waals surface area contributed by atoms with Crippen molar-refractivity contribution in [3.05, 3.63) is 52.7 Å². The van der Waals surface area contributed by atoms with Gasteiger partial charge in [0.15, 0.2) is 5.69 Å². The van der Waals surface area contributed by atoms with Crippen LogP contribution in [0.15, 0.2) is 34.9 Å². The smallest absolute Gasteiger partial charge is 0.273 e. The van der Waals surface area contributed by atoms with Gasteiger partial charge in [0.1, 0.15) is 6.26 Å². The molecule has 6 nitrogen and oxygen atoms in total. The van der Waals surface area contributed by atoms with E-state index in [1.54, 1.807) is 29.2 Å². The summed E-state index contributed by atoms with van der Waals surface area (Å²) in [7, 11) is 0. The fraction of sp³-hybridized carbons (Fsp3) is 0.450. The first-order valence-corrected chi connectivity index (χ1v) is 9.55. The average molecular weight is 392 g/mol. The number of hydrogen-bond acceptors (Lipinski definition) is 4. The van der Waals surface area contributed by atoms with Gasteiger partial charge in [-0.05, 0) is 51.0 Å². The molecule has 2 aromatic rings. The summed E-state index contributed by atoms with van der Waals surface area (Å²) in [5.41, 5.74) is 0.759. The molecule has 27 heavy (non-hydrogen) atoms. The van der Waals surface area contributed by atoms with Gasteiger partial charge in [0.25, 0.3) is 11.8 Å². The van der Waals surface area contributed by atoms with Gasteiger partial charge in [-0.3, -0.25) is 9.59 Å². The van der Waals surface area contributed by atoms with Crippen molar-refractivity contribution in [2.45, 2.75) is 59.2 Å². The van der Waals surface area contributed by atoms with Gasteiger partial charge < -0.3 is 14.6 Å². The Hall–Kier alpha value is -2.34. The summed E-state index contributed by atoms with van der Waals surface area (Å²) in [5.74, 6) is -0.0878. The Morgan fingerprint density at radius 1 is 1.19 bits per heavy atom. The summed E-state index contributed by atoms with van der Waals surface area (Å²) in [6.07, 6.45) is 2.93. The maximum atomic E-state index is 12.9. The van der Waals surface area contributed by atoms with Crippen LogP contribution in [-0.2, 0) is 6.54 Å². The molecule has 7 heteroatoms. The highest BCUT2D eigenvalue weighted by molar-refractivity contribution is 6.30. The predicted molar refractivity (Wildman–Crippen MR) is 105 cm³/mol. The maximum Gasteiger partial charge on any atom is 0.273 e. The zero-order valence-corrected chi connectivity index (χ0v) is 16.9. The van der Waals surface area contributed by atoms with E-state index < -0.39 is 0 Å². The molecule has 2 amide bonds. The average Bonchev–Trinajstić information content (AvgIpc) is 3.14. The molecular formula is C20H26ClN3O3. The Labute approximate surface area is 164 Å². The molecule has 0 aliphatic rings. The molecule has 0 spiro atoms. The third kappa shape index (κ3) is 5.57. The van der Waals surface area contributed by atoms with Crippen molar-refractivity contribution in [1.82, 2.24) is 15.2 Å². The third-order valence-corrected chi connectivity index (χ3v) is 4.81. The monoisotopic (exact) mass is 391 g/mol. The maximum absolute atomic E-state index is 12.9. The number of oxazole rings is 1. The molecular weight excluding hydrogens is 366 g/mol. The van der Waals surface area contributed by atoms with E-state index in [0.29, 0.717) is 16.5 Å². The van der Waals surface area contributed by atoms with Crippen molar-refractivity contribution in [3.63, 3.8) is 0 Å². The molecule has 146 valence electrons. The van der Waals surface area contributed by atoms with Gasteiger partial charge in [0, 0.05) is 22.7 Å². The standard InChI is InChI=1S/C20H26ClN3O3/c1-5-13(3)22-19(25)17-12-27-18(23-17)11-24(14(4)6-2)20(26)15-7-9-16(21)10-8-15/h7-10,12-14H,5-6,11H2,1-4H3,(H,22,25)/t13-,14-/m0/s1. The molecule has 1 aromatic carbocycles. The van der Waals surface area contributed by atoms with Gasteiger partial charge in [0.2, 0.25) is 5.89 Å². The number of halogens is 1. The van der Waals surface area contributed by atoms with Crippen molar-refractivity contribution < 1.29 is 14.0 Å². The minimum absolute atomic E-state index is 0.0162. The Bertz CT molecular complexity index is 773. The minimum atomic E-state index is -0.279. The van der Waals surface area contributed by atoms with Gasteiger partial charge in [0.05, 0.1) is 6.54 Å². The summed E-state index contributed by atoms with van der Waals surface area (Å²) in [6.45, 7) is 8.08. The fourth-order valence-electron chi connectivity index (χ4n) is 2.44. The second-order valence-corrected chi connectivity index (χ2v) is 7.04. The van der Waals surface area contributed by atoms with Gasteiger partial charge >= 0.3 is 0 Å². The Kier molecular flexibility index (Phi) is 7.42. The molecule has 1 aromatic heterocycles. The zero-order chi connectivity index (χ0) is 20.0. The quantitative estimate of drug-likeness (QED) is 0.728. The van der Waals surface area contributed by atoms with Crippen molar-refractivity contribution in [2.24, 2.45) is 0 Å². The molecule has 2 atom stereocenters. The highest BCUT2D eigenvalue weighted by Crippen LogP contribution is 2.17. The van der Waals surface area contributed by atoms with Crippen LogP contribution in [0.4, 0.5) is 0 Å². The lowest BCUT2D eigenvalue weighted by Gasteiger charge is -2.27. The van der Waals surface area contributed by atoms with E-state index in [9.17, 15) is 9.59 Å². The van der Waals surface area contributed by atoms with E-state index in [2.05, 4.69) is 10.3 Å². The van der Waals surface area contributed by atoms with Gasteiger partial charge in [-0.2, -0.15) is 0 Å². The SMILES string of the molecule is CC[C@H](C)NC(=O)c1coc(CN(C(=O)c2ccc(Cl)cc2)[C@@H](C)CC)n1. The predicted octanol–water partition coefficient (Wildman–Crippen LogP) is 4.30. The number of nitrogens with zero attached hydrogens (tertiary/aromatic N) is 2. The lowest BCUT2D eigenvalue weighted by atomic mass is 10.1. The summed E-state index contributed by atoms with van der Waals surface area (Å²) in [5, 5.41) is 3.42. The summed E-state index contributed by atoms with van der Waals surface area (Å²) in [6, 6.07) is 6.80. The number of rotatable bonds is 8. The second kappa shape index (κ2) is 9.55. The number of carbonyl (C=O) groups excluding carboxylic acids is 2. The summed E-state index contributed by atoms with van der Waals surface area (Å²) in [4.78, 5) is 31.0. The Morgan fingerprint density at radius 3 is 2.44 bits per heavy atom. The first-order valence-electron chi connectivity index (χ1n) is 9.17. The molecule has 0 aliphatic carbocycles. The van der Waals surface area contributed by atoms with Crippen molar-refractivity contribution >= 4 is 23.4 Å². The summed E-state index contributed by atoms with van der Waals surface area (Å²) >= 11 is 5.91. The van der Waals surface area contributed by atoms with E-state index >= 15 is 0 Å². The topological polar surface area (TPSA) is 75.4 Å². The van der Waals surface area contributed by atoms with Crippen LogP contribution in [0.3, 0.4) is 0 Å². The molecule has 0 aliphatic heterocycles. The Morgan fingerprint density at radius 2 is 1.85 bits per heavy atom. The van der Waals surface area contributed by atoms with Gasteiger partial charge in [-0.25, -0.2) is 4.98 Å². The van der Waals surface area contributed by atoms with Crippen LogP contribution in [0.5, 0.6) is 0 Å². The van der Waals surface area contributed by atoms with Crippen LogP contribution >= 0.6 is 11.6 Å². The molecule has 0 unspecified atom stereocenters. The highest BCUT2D eigenvalue weighted by atomic mass is 35.5. The van der Waals surface area contributed by atoms with E-state index in [4.69, 9.17) is 16.0 Å². The molecule has 1 heterocycles.